The summed E-state index contributed by atoms with van der Waals surface area (Å²) < 4.78 is 1.52. The van der Waals surface area contributed by atoms with Gasteiger partial charge in [0.1, 0.15) is 18.7 Å². The molecule has 2 aromatic rings. The Balaban J connectivity index is 2.26. The van der Waals surface area contributed by atoms with Crippen LogP contribution in [-0.2, 0) is 6.54 Å². The molecule has 0 saturated heterocycles. The average molecular weight is 271 g/mol. The Morgan fingerprint density at radius 1 is 1.41 bits per heavy atom. The van der Waals surface area contributed by atoms with Crippen molar-refractivity contribution in [2.45, 2.75) is 12.6 Å². The number of nitrogens with zero attached hydrogens (tertiary/aromatic N) is 4. The fourth-order valence-corrected chi connectivity index (χ4v) is 2.00. The Morgan fingerprint density at radius 3 is 2.82 bits per heavy atom. The first-order valence-electron chi connectivity index (χ1n) is 4.80. The van der Waals surface area contributed by atoms with E-state index in [1.54, 1.807) is 18.2 Å². The highest BCUT2D eigenvalue weighted by molar-refractivity contribution is 6.35. The van der Waals surface area contributed by atoms with E-state index >= 15 is 0 Å². The quantitative estimate of drug-likeness (QED) is 0.803. The molecule has 0 bridgehead atoms. The minimum atomic E-state index is -0.610. The van der Waals surface area contributed by atoms with Gasteiger partial charge in [0.25, 0.3) is 0 Å². The predicted molar refractivity (Wildman–Crippen MR) is 65.0 cm³/mol. The van der Waals surface area contributed by atoms with Crippen LogP contribution in [0.4, 0.5) is 0 Å². The van der Waals surface area contributed by atoms with Crippen LogP contribution in [0.2, 0.25) is 10.0 Å². The van der Waals surface area contributed by atoms with Crippen LogP contribution < -0.4 is 0 Å². The van der Waals surface area contributed by atoms with Crippen LogP contribution in [0.25, 0.3) is 0 Å². The molecule has 0 aliphatic heterocycles. The zero-order valence-electron chi connectivity index (χ0n) is 8.62. The fourth-order valence-electron chi connectivity index (χ4n) is 1.46. The number of hydrogen-bond donors (Lipinski definition) is 0. The second-order valence-electron chi connectivity index (χ2n) is 3.40. The van der Waals surface area contributed by atoms with Gasteiger partial charge in [-0.2, -0.15) is 10.0 Å². The second-order valence-corrected chi connectivity index (χ2v) is 4.25. The lowest BCUT2D eigenvalue weighted by Crippen LogP contribution is -2.08. The van der Waals surface area contributed by atoms with Gasteiger partial charge in [-0.05, 0) is 12.1 Å². The van der Waals surface area contributed by atoms with E-state index in [9.17, 15) is 4.91 Å². The maximum absolute atomic E-state index is 10.9. The van der Waals surface area contributed by atoms with Crippen LogP contribution in [0, 0.1) is 4.91 Å². The van der Waals surface area contributed by atoms with Gasteiger partial charge < -0.3 is 0 Å². The van der Waals surface area contributed by atoms with Crippen LogP contribution in [0.1, 0.15) is 11.6 Å². The Labute approximate surface area is 107 Å². The largest absolute Gasteiger partial charge is 0.250 e. The lowest BCUT2D eigenvalue weighted by atomic mass is 10.1. The lowest BCUT2D eigenvalue weighted by molar-refractivity contribution is 0.526. The lowest BCUT2D eigenvalue weighted by Gasteiger charge is -2.11. The highest BCUT2D eigenvalue weighted by Gasteiger charge is 2.16. The highest BCUT2D eigenvalue weighted by Crippen LogP contribution is 2.29. The number of halogens is 2. The molecule has 88 valence electrons. The van der Waals surface area contributed by atoms with Gasteiger partial charge in [-0.25, -0.2) is 4.98 Å². The molecule has 0 spiro atoms. The summed E-state index contributed by atoms with van der Waals surface area (Å²) in [6.45, 7) is 0.296. The minimum absolute atomic E-state index is 0.296. The van der Waals surface area contributed by atoms with E-state index in [1.165, 1.54) is 17.3 Å². The molecule has 1 aromatic carbocycles. The van der Waals surface area contributed by atoms with Crippen molar-refractivity contribution in [2.75, 3.05) is 0 Å². The third kappa shape index (κ3) is 2.81. The molecule has 1 heterocycles. The van der Waals surface area contributed by atoms with Crippen LogP contribution in [0.5, 0.6) is 0 Å². The molecule has 1 unspecified atom stereocenters. The molecule has 5 nitrogen and oxygen atoms in total. The van der Waals surface area contributed by atoms with Crippen molar-refractivity contribution < 1.29 is 0 Å². The summed E-state index contributed by atoms with van der Waals surface area (Å²) in [4.78, 5) is 14.7. The Hall–Kier alpha value is -1.46. The first kappa shape index (κ1) is 12.0. The average Bonchev–Trinajstić information content (AvgIpc) is 2.79. The summed E-state index contributed by atoms with van der Waals surface area (Å²) in [5, 5.41) is 7.91. The smallest absolute Gasteiger partial charge is 0.138 e. The van der Waals surface area contributed by atoms with E-state index in [1.807, 2.05) is 0 Å². The van der Waals surface area contributed by atoms with Crippen molar-refractivity contribution in [3.8, 4) is 0 Å². The molecule has 7 heteroatoms. The van der Waals surface area contributed by atoms with Gasteiger partial charge in [-0.1, -0.05) is 34.4 Å². The van der Waals surface area contributed by atoms with E-state index in [0.717, 1.165) is 0 Å². The van der Waals surface area contributed by atoms with Gasteiger partial charge >= 0.3 is 0 Å². The van der Waals surface area contributed by atoms with E-state index in [2.05, 4.69) is 15.3 Å². The minimum Gasteiger partial charge on any atom is -0.250 e. The normalized spacial score (nSPS) is 12.4. The SMILES string of the molecule is O=NC(Cn1cncn1)c1ccc(Cl)cc1Cl. The maximum Gasteiger partial charge on any atom is 0.138 e. The first-order chi connectivity index (χ1) is 8.20. The van der Waals surface area contributed by atoms with Crippen molar-refractivity contribution in [3.63, 3.8) is 0 Å². The molecule has 0 aliphatic rings. The first-order valence-corrected chi connectivity index (χ1v) is 5.56. The summed E-state index contributed by atoms with van der Waals surface area (Å²) in [6, 6.07) is 4.33. The molecule has 17 heavy (non-hydrogen) atoms. The molecular formula is C10H8Cl2N4O. The zero-order valence-corrected chi connectivity index (χ0v) is 10.1. The van der Waals surface area contributed by atoms with Crippen molar-refractivity contribution in [2.24, 2.45) is 5.18 Å². The number of nitroso groups, excluding NO2 is 1. The molecule has 0 amide bonds. The third-order valence-electron chi connectivity index (χ3n) is 2.28. The number of hydrogen-bond acceptors (Lipinski definition) is 4. The molecule has 0 saturated carbocycles. The van der Waals surface area contributed by atoms with Gasteiger partial charge in [0.2, 0.25) is 0 Å². The molecule has 0 N–H and O–H groups in total. The molecular weight excluding hydrogens is 263 g/mol. The molecule has 0 aliphatic carbocycles. The van der Waals surface area contributed by atoms with Gasteiger partial charge in [0.05, 0.1) is 6.54 Å². The van der Waals surface area contributed by atoms with Crippen molar-refractivity contribution in [1.82, 2.24) is 14.8 Å². The predicted octanol–water partition coefficient (Wildman–Crippen LogP) is 3.09. The molecule has 0 radical (unpaired) electrons. The van der Waals surface area contributed by atoms with E-state index < -0.39 is 6.04 Å². The summed E-state index contributed by atoms with van der Waals surface area (Å²) in [5.74, 6) is 0. The van der Waals surface area contributed by atoms with Crippen molar-refractivity contribution in [1.29, 1.82) is 0 Å². The zero-order chi connectivity index (χ0) is 12.3. The van der Waals surface area contributed by atoms with E-state index in [-0.39, 0.29) is 0 Å². The maximum atomic E-state index is 10.9. The number of aromatic nitrogens is 3. The summed E-state index contributed by atoms with van der Waals surface area (Å²) in [7, 11) is 0. The fraction of sp³-hybridized carbons (Fsp3) is 0.200. The van der Waals surface area contributed by atoms with Gasteiger partial charge in [-0.3, -0.25) is 4.68 Å². The van der Waals surface area contributed by atoms with Crippen LogP contribution >= 0.6 is 23.2 Å². The summed E-state index contributed by atoms with van der Waals surface area (Å²) >= 11 is 11.8. The molecule has 2 rings (SSSR count). The Bertz CT molecular complexity index is 515. The van der Waals surface area contributed by atoms with E-state index in [0.29, 0.717) is 22.2 Å². The van der Waals surface area contributed by atoms with Gasteiger partial charge in [0.15, 0.2) is 0 Å². The molecule has 0 fully saturated rings. The monoisotopic (exact) mass is 270 g/mol. The standard InChI is InChI=1S/C10H8Cl2N4O/c11-7-1-2-8(9(12)3-7)10(15-17)4-16-6-13-5-14-16/h1-3,5-6,10H,4H2. The second kappa shape index (κ2) is 5.25. The number of rotatable bonds is 4. The Morgan fingerprint density at radius 2 is 2.24 bits per heavy atom. The van der Waals surface area contributed by atoms with Gasteiger partial charge in [-0.15, -0.1) is 0 Å². The van der Waals surface area contributed by atoms with E-state index in [4.69, 9.17) is 23.2 Å². The van der Waals surface area contributed by atoms with Crippen LogP contribution in [0.3, 0.4) is 0 Å². The summed E-state index contributed by atoms with van der Waals surface area (Å²) in [6.07, 6.45) is 2.91. The Kier molecular flexibility index (Phi) is 3.71. The van der Waals surface area contributed by atoms with Crippen molar-refractivity contribution in [3.05, 3.63) is 51.4 Å². The van der Waals surface area contributed by atoms with Crippen LogP contribution in [-0.4, -0.2) is 14.8 Å². The van der Waals surface area contributed by atoms with Crippen LogP contribution in [0.15, 0.2) is 36.0 Å². The number of benzene rings is 1. The third-order valence-corrected chi connectivity index (χ3v) is 2.84. The van der Waals surface area contributed by atoms with Gasteiger partial charge in [0, 0.05) is 15.6 Å². The summed E-state index contributed by atoms with van der Waals surface area (Å²) in [5.41, 5.74) is 0.626. The highest BCUT2D eigenvalue weighted by atomic mass is 35.5. The van der Waals surface area contributed by atoms with Crippen molar-refractivity contribution >= 4 is 23.2 Å². The molecule has 1 atom stereocenters. The molecule has 1 aromatic heterocycles. The topological polar surface area (TPSA) is 60.1 Å².